The largest absolute Gasteiger partial charge is 0.0887 e. The Balaban J connectivity index is 2.00. The molecule has 0 saturated heterocycles. The monoisotopic (exact) mass is 250 g/mol. The van der Waals surface area contributed by atoms with Gasteiger partial charge in [-0.05, 0) is 24.3 Å². The molecule has 2 atom stereocenters. The Morgan fingerprint density at radius 3 is 2.57 bits per heavy atom. The lowest BCUT2D eigenvalue weighted by atomic mass is 9.79. The van der Waals surface area contributed by atoms with Crippen LogP contribution in [0, 0.1) is 5.92 Å². The summed E-state index contributed by atoms with van der Waals surface area (Å²) in [4.78, 5) is 0.617. The number of halogens is 1. The van der Waals surface area contributed by atoms with Crippen LogP contribution in [0.4, 0.5) is 0 Å². The van der Waals surface area contributed by atoms with Crippen LogP contribution in [0.2, 0.25) is 0 Å². The second-order valence-electron chi connectivity index (χ2n) is 3.96. The van der Waals surface area contributed by atoms with Gasteiger partial charge in [0.05, 0.1) is 0 Å². The highest BCUT2D eigenvalue weighted by atomic mass is 79.9. The van der Waals surface area contributed by atoms with E-state index in [0.717, 1.165) is 12.3 Å². The Labute approximate surface area is 94.2 Å². The average molecular weight is 251 g/mol. The molecule has 14 heavy (non-hydrogen) atoms. The predicted molar refractivity (Wildman–Crippen MR) is 64.7 cm³/mol. The van der Waals surface area contributed by atoms with E-state index in [9.17, 15) is 0 Å². The van der Waals surface area contributed by atoms with Crippen LogP contribution >= 0.6 is 15.9 Å². The Morgan fingerprint density at radius 2 is 2.07 bits per heavy atom. The molecule has 1 aliphatic rings. The number of rotatable bonds is 3. The van der Waals surface area contributed by atoms with Gasteiger partial charge in [0.1, 0.15) is 0 Å². The summed E-state index contributed by atoms with van der Waals surface area (Å²) in [5, 5.41) is 0. The minimum Gasteiger partial charge on any atom is -0.0887 e. The first-order valence-electron chi connectivity index (χ1n) is 5.14. The van der Waals surface area contributed by atoms with E-state index >= 15 is 0 Å². The maximum absolute atomic E-state index is 3.66. The van der Waals surface area contributed by atoms with Crippen LogP contribution in [0.15, 0.2) is 42.0 Å². The zero-order valence-electron chi connectivity index (χ0n) is 8.41. The fraction of sp³-hybridized carbons (Fsp3) is 0.385. The van der Waals surface area contributed by atoms with Crippen LogP contribution in [0.1, 0.15) is 18.9 Å². The summed E-state index contributed by atoms with van der Waals surface area (Å²) in [5.74, 6) is 0.759. The van der Waals surface area contributed by atoms with Crippen LogP contribution in [0.25, 0.3) is 0 Å². The smallest absolute Gasteiger partial charge is 0.0186 e. The van der Waals surface area contributed by atoms with E-state index in [0.29, 0.717) is 4.83 Å². The first-order valence-corrected chi connectivity index (χ1v) is 6.06. The quantitative estimate of drug-likeness (QED) is 0.563. The Hall–Kier alpha value is -0.560. The van der Waals surface area contributed by atoms with Crippen molar-refractivity contribution in [1.82, 2.24) is 0 Å². The summed E-state index contributed by atoms with van der Waals surface area (Å²) in [5.41, 5.74) is 3.03. The first-order chi connectivity index (χ1) is 6.77. The van der Waals surface area contributed by atoms with Gasteiger partial charge in [-0.25, -0.2) is 0 Å². The number of hydrogen-bond donors (Lipinski definition) is 0. The van der Waals surface area contributed by atoms with Crippen LogP contribution < -0.4 is 0 Å². The number of hydrogen-bond acceptors (Lipinski definition) is 0. The van der Waals surface area contributed by atoms with E-state index in [-0.39, 0.29) is 0 Å². The minimum absolute atomic E-state index is 0.617. The van der Waals surface area contributed by atoms with E-state index in [1.54, 1.807) is 5.57 Å². The van der Waals surface area contributed by atoms with Crippen molar-refractivity contribution >= 4 is 15.9 Å². The number of benzene rings is 1. The molecule has 2 unspecified atom stereocenters. The zero-order chi connectivity index (χ0) is 9.97. The molecule has 0 fully saturated rings. The standard InChI is InChI=1S/C13H15Br/c1-10(14)13-8-7-12(13)9-11-5-3-2-4-6-11/h2-7,10,13H,8-9H2,1H3. The summed E-state index contributed by atoms with van der Waals surface area (Å²) >= 11 is 3.66. The molecule has 2 rings (SSSR count). The predicted octanol–water partition coefficient (Wildman–Crippen LogP) is 3.96. The molecule has 1 aliphatic carbocycles. The first kappa shape index (κ1) is 9.97. The third-order valence-corrected chi connectivity index (χ3v) is 3.55. The molecule has 0 aromatic heterocycles. The fourth-order valence-electron chi connectivity index (χ4n) is 1.94. The summed E-state index contributed by atoms with van der Waals surface area (Å²) in [7, 11) is 0. The van der Waals surface area contributed by atoms with E-state index in [2.05, 4.69) is 59.3 Å². The van der Waals surface area contributed by atoms with Crippen molar-refractivity contribution in [2.75, 3.05) is 0 Å². The maximum atomic E-state index is 3.66. The molecule has 74 valence electrons. The molecule has 0 heterocycles. The van der Waals surface area contributed by atoms with Gasteiger partial charge >= 0.3 is 0 Å². The van der Waals surface area contributed by atoms with Gasteiger partial charge in [0, 0.05) is 4.83 Å². The van der Waals surface area contributed by atoms with Crippen molar-refractivity contribution in [3.8, 4) is 0 Å². The Morgan fingerprint density at radius 1 is 1.36 bits per heavy atom. The highest BCUT2D eigenvalue weighted by molar-refractivity contribution is 9.09. The van der Waals surface area contributed by atoms with Crippen molar-refractivity contribution < 1.29 is 0 Å². The molecule has 0 amide bonds. The van der Waals surface area contributed by atoms with Gasteiger partial charge < -0.3 is 0 Å². The van der Waals surface area contributed by atoms with Crippen molar-refractivity contribution in [2.45, 2.75) is 24.6 Å². The molecule has 0 aliphatic heterocycles. The van der Waals surface area contributed by atoms with Crippen molar-refractivity contribution in [2.24, 2.45) is 5.92 Å². The second-order valence-corrected chi connectivity index (χ2v) is 5.41. The normalized spacial score (nSPS) is 22.4. The van der Waals surface area contributed by atoms with Gasteiger partial charge in [-0.15, -0.1) is 0 Å². The Bertz CT molecular complexity index is 324. The lowest BCUT2D eigenvalue weighted by Gasteiger charge is -2.29. The van der Waals surface area contributed by atoms with E-state index in [1.165, 1.54) is 12.0 Å². The summed E-state index contributed by atoms with van der Waals surface area (Å²) in [6.07, 6.45) is 4.74. The highest BCUT2D eigenvalue weighted by Gasteiger charge is 2.24. The summed E-state index contributed by atoms with van der Waals surface area (Å²) < 4.78 is 0. The van der Waals surface area contributed by atoms with Crippen molar-refractivity contribution in [3.05, 3.63) is 47.5 Å². The highest BCUT2D eigenvalue weighted by Crippen LogP contribution is 2.35. The lowest BCUT2D eigenvalue weighted by Crippen LogP contribution is -2.21. The second kappa shape index (κ2) is 4.31. The van der Waals surface area contributed by atoms with Gasteiger partial charge in [-0.2, -0.15) is 0 Å². The molecule has 0 spiro atoms. The van der Waals surface area contributed by atoms with E-state index in [1.807, 2.05) is 0 Å². The van der Waals surface area contributed by atoms with E-state index < -0.39 is 0 Å². The molecule has 1 heteroatoms. The third-order valence-electron chi connectivity index (χ3n) is 2.92. The third kappa shape index (κ3) is 2.09. The number of allylic oxidation sites excluding steroid dienone is 2. The average Bonchev–Trinajstić information content (AvgIpc) is 2.13. The molecular formula is C13H15Br. The van der Waals surface area contributed by atoms with Gasteiger partial charge in [-0.3, -0.25) is 0 Å². The zero-order valence-corrected chi connectivity index (χ0v) is 10.00. The molecule has 0 nitrogen and oxygen atoms in total. The van der Waals surface area contributed by atoms with Gasteiger partial charge in [0.15, 0.2) is 0 Å². The lowest BCUT2D eigenvalue weighted by molar-refractivity contribution is 0.548. The van der Waals surface area contributed by atoms with Crippen LogP contribution in [0.3, 0.4) is 0 Å². The van der Waals surface area contributed by atoms with Gasteiger partial charge in [0.2, 0.25) is 0 Å². The van der Waals surface area contributed by atoms with Gasteiger partial charge in [0.25, 0.3) is 0 Å². The van der Waals surface area contributed by atoms with E-state index in [4.69, 9.17) is 0 Å². The SMILES string of the molecule is CC(Br)C1CC=C1Cc1ccccc1. The minimum atomic E-state index is 0.617. The maximum Gasteiger partial charge on any atom is 0.0186 e. The number of alkyl halides is 1. The van der Waals surface area contributed by atoms with Crippen LogP contribution in [-0.4, -0.2) is 4.83 Å². The van der Waals surface area contributed by atoms with Crippen molar-refractivity contribution in [3.63, 3.8) is 0 Å². The Kier molecular flexibility index (Phi) is 3.07. The van der Waals surface area contributed by atoms with Gasteiger partial charge in [-0.1, -0.05) is 64.8 Å². The molecule has 0 radical (unpaired) electrons. The van der Waals surface area contributed by atoms with Crippen molar-refractivity contribution in [1.29, 1.82) is 0 Å². The topological polar surface area (TPSA) is 0 Å². The van der Waals surface area contributed by atoms with Crippen LogP contribution in [0.5, 0.6) is 0 Å². The van der Waals surface area contributed by atoms with Crippen LogP contribution in [-0.2, 0) is 6.42 Å². The molecular weight excluding hydrogens is 236 g/mol. The molecule has 0 saturated carbocycles. The molecule has 0 N–H and O–H groups in total. The molecule has 1 aromatic carbocycles. The summed E-state index contributed by atoms with van der Waals surface area (Å²) in [6, 6.07) is 10.7. The fourth-order valence-corrected chi connectivity index (χ4v) is 2.49. The molecule has 1 aromatic rings. The molecule has 0 bridgehead atoms. The summed E-state index contributed by atoms with van der Waals surface area (Å²) in [6.45, 7) is 2.24.